The van der Waals surface area contributed by atoms with Gasteiger partial charge >= 0.3 is 0 Å². The first-order valence-electron chi connectivity index (χ1n) is 7.91. The molecule has 6 nitrogen and oxygen atoms in total. The smallest absolute Gasteiger partial charge is 0.209 e. The van der Waals surface area contributed by atoms with E-state index in [1.54, 1.807) is 18.2 Å². The van der Waals surface area contributed by atoms with E-state index in [1.165, 1.54) is 24.4 Å². The Morgan fingerprint density at radius 2 is 1.92 bits per heavy atom. The zero-order chi connectivity index (χ0) is 17.7. The van der Waals surface area contributed by atoms with Crippen LogP contribution < -0.4 is 0 Å². The lowest BCUT2D eigenvalue weighted by molar-refractivity contribution is -0.0444. The lowest BCUT2D eigenvalue weighted by Gasteiger charge is -2.36. The Hall–Kier alpha value is -2.69. The van der Waals surface area contributed by atoms with Gasteiger partial charge in [-0.3, -0.25) is 0 Å². The topological polar surface area (TPSA) is 107 Å². The summed E-state index contributed by atoms with van der Waals surface area (Å²) in [6.07, 6.45) is 3.21. The molecule has 0 atom stereocenters. The maximum Gasteiger partial charge on any atom is 0.209 e. The van der Waals surface area contributed by atoms with Crippen LogP contribution in [-0.2, 0) is 15.4 Å². The van der Waals surface area contributed by atoms with Gasteiger partial charge in [0.15, 0.2) is 0 Å². The third kappa shape index (κ3) is 2.26. The van der Waals surface area contributed by atoms with Crippen LogP contribution in [0.25, 0.3) is 11.0 Å². The Balaban J connectivity index is 2.11. The molecule has 0 unspecified atom stereocenters. The number of hydrogen-bond acceptors (Lipinski definition) is 5. The van der Waals surface area contributed by atoms with E-state index in [0.717, 1.165) is 6.42 Å². The molecule has 0 amide bonds. The number of benzene rings is 1. The molecule has 0 saturated heterocycles. The van der Waals surface area contributed by atoms with E-state index in [9.17, 15) is 18.8 Å². The lowest BCUT2D eigenvalue weighted by atomic mass is 9.78. The maximum atomic E-state index is 13.3. The average molecular weight is 353 g/mol. The number of aromatic nitrogens is 2. The van der Waals surface area contributed by atoms with E-state index in [4.69, 9.17) is 0 Å². The van der Waals surface area contributed by atoms with E-state index in [-0.39, 0.29) is 26.4 Å². The van der Waals surface area contributed by atoms with Crippen molar-refractivity contribution in [2.24, 2.45) is 0 Å². The molecule has 25 heavy (non-hydrogen) atoms. The van der Waals surface area contributed by atoms with E-state index < -0.39 is 15.4 Å². The summed E-state index contributed by atoms with van der Waals surface area (Å²) >= 11 is 0. The second kappa shape index (κ2) is 5.41. The summed E-state index contributed by atoms with van der Waals surface area (Å²) < 4.78 is 26.6. The van der Waals surface area contributed by atoms with E-state index in [1.807, 2.05) is 6.07 Å². The van der Waals surface area contributed by atoms with Gasteiger partial charge in [-0.15, -0.1) is 0 Å². The fourth-order valence-corrected chi connectivity index (χ4v) is 4.99. The Bertz CT molecular complexity index is 1110. The molecular weight excluding hydrogens is 338 g/mol. The summed E-state index contributed by atoms with van der Waals surface area (Å²) in [6.45, 7) is 0. The highest BCUT2D eigenvalue weighted by Crippen LogP contribution is 2.46. The lowest BCUT2D eigenvalue weighted by Crippen LogP contribution is -2.35. The molecular formula is C18H15N3O3S. The Kier molecular flexibility index (Phi) is 3.42. The molecule has 7 heteroatoms. The quantitative estimate of drug-likeness (QED) is 0.753. The zero-order valence-electron chi connectivity index (χ0n) is 13.2. The van der Waals surface area contributed by atoms with Crippen molar-refractivity contribution < 1.29 is 13.5 Å². The highest BCUT2D eigenvalue weighted by molar-refractivity contribution is 7.91. The fourth-order valence-electron chi connectivity index (χ4n) is 3.26. The van der Waals surface area contributed by atoms with Crippen LogP contribution in [0.4, 0.5) is 0 Å². The van der Waals surface area contributed by atoms with E-state index >= 15 is 0 Å². The summed E-state index contributed by atoms with van der Waals surface area (Å²) in [4.78, 5) is 7.21. The summed E-state index contributed by atoms with van der Waals surface area (Å²) in [5.74, 6) is 0. The number of aromatic amines is 1. The first kappa shape index (κ1) is 15.8. The molecule has 1 fully saturated rings. The van der Waals surface area contributed by atoms with Gasteiger partial charge in [0.05, 0.1) is 27.6 Å². The van der Waals surface area contributed by atoms with Crippen LogP contribution in [0.1, 0.15) is 30.5 Å². The minimum absolute atomic E-state index is 0.0412. The first-order chi connectivity index (χ1) is 12.0. The van der Waals surface area contributed by atoms with Crippen molar-refractivity contribution in [1.29, 1.82) is 5.26 Å². The van der Waals surface area contributed by atoms with Gasteiger partial charge in [0.1, 0.15) is 16.1 Å². The molecule has 4 rings (SSSR count). The molecule has 0 aliphatic heterocycles. The molecule has 0 spiro atoms. The highest BCUT2D eigenvalue weighted by atomic mass is 32.2. The molecule has 1 saturated carbocycles. The Morgan fingerprint density at radius 1 is 1.20 bits per heavy atom. The summed E-state index contributed by atoms with van der Waals surface area (Å²) in [5, 5.41) is 20.5. The van der Waals surface area contributed by atoms with Crippen molar-refractivity contribution in [3.8, 4) is 6.07 Å². The molecule has 126 valence electrons. The first-order valence-corrected chi connectivity index (χ1v) is 9.39. The van der Waals surface area contributed by atoms with Crippen molar-refractivity contribution in [3.63, 3.8) is 0 Å². The summed E-state index contributed by atoms with van der Waals surface area (Å²) in [7, 11) is -3.93. The van der Waals surface area contributed by atoms with Gasteiger partial charge in [-0.1, -0.05) is 18.2 Å². The third-order valence-electron chi connectivity index (χ3n) is 4.74. The number of nitriles is 1. The van der Waals surface area contributed by atoms with Crippen LogP contribution in [0, 0.1) is 11.3 Å². The van der Waals surface area contributed by atoms with Gasteiger partial charge in [-0.25, -0.2) is 13.4 Å². The van der Waals surface area contributed by atoms with Crippen LogP contribution in [0.15, 0.2) is 52.4 Å². The zero-order valence-corrected chi connectivity index (χ0v) is 14.0. The normalized spacial score (nSPS) is 16.3. The average Bonchev–Trinajstić information content (AvgIpc) is 3.01. The standard InChI is InChI=1S/C18H15N3O3S/c19-11-12-7-10-20-17-14(12)15(16(21-17)18(22)8-4-9-18)25(23,24)13-5-2-1-3-6-13/h1-3,5-7,10,22H,4,8-9H2,(H,20,21). The minimum Gasteiger partial charge on any atom is -0.384 e. The van der Waals surface area contributed by atoms with Crippen LogP contribution in [-0.4, -0.2) is 23.5 Å². The van der Waals surface area contributed by atoms with Crippen LogP contribution >= 0.6 is 0 Å². The highest BCUT2D eigenvalue weighted by Gasteiger charge is 2.43. The molecule has 3 aromatic rings. The molecule has 0 radical (unpaired) electrons. The van der Waals surface area contributed by atoms with Crippen molar-refractivity contribution in [2.75, 3.05) is 0 Å². The number of hydrogen-bond donors (Lipinski definition) is 2. The molecule has 1 aliphatic rings. The fraction of sp³-hybridized carbons (Fsp3) is 0.222. The number of nitrogens with zero attached hydrogens (tertiary/aromatic N) is 2. The van der Waals surface area contributed by atoms with Crippen LogP contribution in [0.5, 0.6) is 0 Å². The Labute approximate surface area is 144 Å². The van der Waals surface area contributed by atoms with Crippen LogP contribution in [0.2, 0.25) is 0 Å². The van der Waals surface area contributed by atoms with Gasteiger partial charge in [0.25, 0.3) is 0 Å². The predicted octanol–water partition coefficient (Wildman–Crippen LogP) is 2.64. The van der Waals surface area contributed by atoms with Crippen molar-refractivity contribution in [2.45, 2.75) is 34.7 Å². The maximum absolute atomic E-state index is 13.3. The van der Waals surface area contributed by atoms with Crippen molar-refractivity contribution in [1.82, 2.24) is 9.97 Å². The van der Waals surface area contributed by atoms with Crippen molar-refractivity contribution >= 4 is 20.9 Å². The number of fused-ring (bicyclic) bond motifs is 1. The molecule has 2 N–H and O–H groups in total. The summed E-state index contributed by atoms with van der Waals surface area (Å²) in [6, 6.07) is 11.5. The Morgan fingerprint density at radius 3 is 2.52 bits per heavy atom. The number of sulfone groups is 1. The second-order valence-corrected chi connectivity index (χ2v) is 8.11. The number of pyridine rings is 1. The van der Waals surface area contributed by atoms with E-state index in [2.05, 4.69) is 9.97 Å². The molecule has 2 heterocycles. The SMILES string of the molecule is N#Cc1ccnc2[nH]c(C3(O)CCC3)c(S(=O)(=O)c3ccccc3)c12. The predicted molar refractivity (Wildman–Crippen MR) is 90.5 cm³/mol. The van der Waals surface area contributed by atoms with Gasteiger partial charge in [0, 0.05) is 6.20 Å². The third-order valence-corrected chi connectivity index (χ3v) is 6.58. The monoisotopic (exact) mass is 353 g/mol. The number of nitrogens with one attached hydrogen (secondary N) is 1. The molecule has 0 bridgehead atoms. The van der Waals surface area contributed by atoms with Crippen LogP contribution in [0.3, 0.4) is 0 Å². The molecule has 1 aromatic carbocycles. The number of aliphatic hydroxyl groups is 1. The number of rotatable bonds is 3. The van der Waals surface area contributed by atoms with Gasteiger partial charge in [0.2, 0.25) is 9.84 Å². The van der Waals surface area contributed by atoms with Gasteiger partial charge in [-0.2, -0.15) is 5.26 Å². The van der Waals surface area contributed by atoms with Gasteiger partial charge < -0.3 is 10.1 Å². The van der Waals surface area contributed by atoms with E-state index in [0.29, 0.717) is 18.5 Å². The van der Waals surface area contributed by atoms with Gasteiger partial charge in [-0.05, 0) is 37.5 Å². The molecule has 2 aromatic heterocycles. The minimum atomic E-state index is -3.93. The molecule has 1 aliphatic carbocycles. The largest absolute Gasteiger partial charge is 0.384 e. The second-order valence-electron chi connectivity index (χ2n) is 6.22. The van der Waals surface area contributed by atoms with Crippen molar-refractivity contribution in [3.05, 3.63) is 53.9 Å². The summed E-state index contributed by atoms with van der Waals surface area (Å²) in [5.41, 5.74) is -0.494. The number of H-pyrrole nitrogens is 1.